The molecule has 3 heteroatoms. The molecule has 2 rings (SSSR count). The minimum absolute atomic E-state index is 0.296. The third-order valence-electron chi connectivity index (χ3n) is 2.61. The van der Waals surface area contributed by atoms with E-state index in [1.54, 1.807) is 12.5 Å². The van der Waals surface area contributed by atoms with E-state index in [0.29, 0.717) is 0 Å². The van der Waals surface area contributed by atoms with Crippen molar-refractivity contribution in [3.63, 3.8) is 0 Å². The molecule has 0 bridgehead atoms. The zero-order valence-electron chi connectivity index (χ0n) is 9.13. The minimum Gasteiger partial charge on any atom is -0.469 e. The molecule has 0 fully saturated rings. The van der Waals surface area contributed by atoms with E-state index in [0.717, 1.165) is 37.2 Å². The number of furan rings is 2. The third kappa shape index (κ3) is 3.28. The number of hydrogen-bond donors (Lipinski definition) is 1. The van der Waals surface area contributed by atoms with Crippen molar-refractivity contribution in [1.82, 2.24) is 0 Å². The van der Waals surface area contributed by atoms with E-state index in [1.807, 2.05) is 24.3 Å². The number of rotatable bonds is 6. The Hall–Kier alpha value is -1.48. The molecule has 0 spiro atoms. The first-order chi connectivity index (χ1) is 7.84. The van der Waals surface area contributed by atoms with Crippen molar-refractivity contribution in [1.29, 1.82) is 0 Å². The van der Waals surface area contributed by atoms with Crippen molar-refractivity contribution in [3.05, 3.63) is 48.3 Å². The zero-order chi connectivity index (χ0) is 11.2. The van der Waals surface area contributed by atoms with Gasteiger partial charge in [-0.1, -0.05) is 0 Å². The number of aliphatic hydroxyl groups is 1. The highest BCUT2D eigenvalue weighted by atomic mass is 16.3. The molecule has 1 N–H and O–H groups in total. The van der Waals surface area contributed by atoms with Crippen LogP contribution in [0, 0.1) is 0 Å². The van der Waals surface area contributed by atoms with Crippen LogP contribution in [0.15, 0.2) is 45.6 Å². The minimum atomic E-state index is -0.296. The molecule has 0 radical (unpaired) electrons. The monoisotopic (exact) mass is 220 g/mol. The number of hydrogen-bond acceptors (Lipinski definition) is 3. The van der Waals surface area contributed by atoms with Gasteiger partial charge in [0.1, 0.15) is 11.5 Å². The van der Waals surface area contributed by atoms with Crippen LogP contribution in [0.3, 0.4) is 0 Å². The van der Waals surface area contributed by atoms with Gasteiger partial charge in [-0.15, -0.1) is 0 Å². The Bertz CT molecular complexity index is 337. The first-order valence-corrected chi connectivity index (χ1v) is 5.57. The molecular formula is C13H16O3. The lowest BCUT2D eigenvalue weighted by Gasteiger charge is -2.07. The van der Waals surface area contributed by atoms with Crippen LogP contribution in [-0.4, -0.2) is 11.2 Å². The maximum absolute atomic E-state index is 9.76. The Morgan fingerprint density at radius 1 is 0.938 bits per heavy atom. The maximum atomic E-state index is 9.76. The van der Waals surface area contributed by atoms with Gasteiger partial charge in [0, 0.05) is 12.8 Å². The molecule has 0 aliphatic rings. The first-order valence-electron chi connectivity index (χ1n) is 5.57. The van der Waals surface area contributed by atoms with E-state index in [1.165, 1.54) is 0 Å². The Labute approximate surface area is 94.7 Å². The van der Waals surface area contributed by atoms with Crippen LogP contribution in [0.4, 0.5) is 0 Å². The lowest BCUT2D eigenvalue weighted by atomic mass is 10.1. The molecule has 2 aromatic rings. The van der Waals surface area contributed by atoms with E-state index < -0.39 is 0 Å². The molecule has 2 aromatic heterocycles. The highest BCUT2D eigenvalue weighted by Gasteiger charge is 2.07. The van der Waals surface area contributed by atoms with Gasteiger partial charge in [-0.3, -0.25) is 0 Å². The second kappa shape index (κ2) is 5.56. The fourth-order valence-electron chi connectivity index (χ4n) is 1.67. The van der Waals surface area contributed by atoms with Crippen LogP contribution in [0.5, 0.6) is 0 Å². The van der Waals surface area contributed by atoms with Gasteiger partial charge in [-0.25, -0.2) is 0 Å². The van der Waals surface area contributed by atoms with E-state index in [4.69, 9.17) is 8.83 Å². The number of aliphatic hydroxyl groups excluding tert-OH is 1. The van der Waals surface area contributed by atoms with Gasteiger partial charge in [0.15, 0.2) is 0 Å². The number of aryl methyl sites for hydroxylation is 2. The molecule has 2 heterocycles. The highest BCUT2D eigenvalue weighted by Crippen LogP contribution is 2.11. The third-order valence-corrected chi connectivity index (χ3v) is 2.61. The largest absolute Gasteiger partial charge is 0.469 e. The van der Waals surface area contributed by atoms with Crippen molar-refractivity contribution in [2.75, 3.05) is 0 Å². The second-order valence-electron chi connectivity index (χ2n) is 3.89. The first kappa shape index (κ1) is 11.0. The van der Waals surface area contributed by atoms with Gasteiger partial charge in [0.2, 0.25) is 0 Å². The standard InChI is InChI=1S/C13H16O3/c14-11(5-7-12-3-1-9-15-12)6-8-13-4-2-10-16-13/h1-4,9-11,14H,5-8H2. The molecule has 0 saturated heterocycles. The molecule has 0 aromatic carbocycles. The van der Waals surface area contributed by atoms with Gasteiger partial charge < -0.3 is 13.9 Å². The Kier molecular flexibility index (Phi) is 3.83. The molecule has 0 amide bonds. The quantitative estimate of drug-likeness (QED) is 0.814. The SMILES string of the molecule is OC(CCc1ccco1)CCc1ccco1. The van der Waals surface area contributed by atoms with Gasteiger partial charge in [-0.05, 0) is 37.1 Å². The molecule has 16 heavy (non-hydrogen) atoms. The summed E-state index contributed by atoms with van der Waals surface area (Å²) in [6.07, 6.45) is 6.05. The molecule has 0 saturated carbocycles. The fourth-order valence-corrected chi connectivity index (χ4v) is 1.67. The smallest absolute Gasteiger partial charge is 0.103 e. The average molecular weight is 220 g/mol. The zero-order valence-corrected chi connectivity index (χ0v) is 9.13. The van der Waals surface area contributed by atoms with Gasteiger partial charge in [0.25, 0.3) is 0 Å². The van der Waals surface area contributed by atoms with Crippen LogP contribution >= 0.6 is 0 Å². The summed E-state index contributed by atoms with van der Waals surface area (Å²) in [4.78, 5) is 0. The van der Waals surface area contributed by atoms with Crippen LogP contribution in [0.1, 0.15) is 24.4 Å². The summed E-state index contributed by atoms with van der Waals surface area (Å²) >= 11 is 0. The van der Waals surface area contributed by atoms with Gasteiger partial charge in [-0.2, -0.15) is 0 Å². The topological polar surface area (TPSA) is 46.5 Å². The van der Waals surface area contributed by atoms with Gasteiger partial charge >= 0.3 is 0 Å². The van der Waals surface area contributed by atoms with Gasteiger partial charge in [0.05, 0.1) is 18.6 Å². The van der Waals surface area contributed by atoms with Crippen LogP contribution in [0.2, 0.25) is 0 Å². The predicted octanol–water partition coefficient (Wildman–Crippen LogP) is 2.80. The fraction of sp³-hybridized carbons (Fsp3) is 0.385. The predicted molar refractivity (Wildman–Crippen MR) is 60.1 cm³/mol. The maximum Gasteiger partial charge on any atom is 0.103 e. The summed E-state index contributed by atoms with van der Waals surface area (Å²) in [5.74, 6) is 1.86. The molecule has 86 valence electrons. The normalized spacial score (nSPS) is 11.1. The van der Waals surface area contributed by atoms with Crippen LogP contribution < -0.4 is 0 Å². The summed E-state index contributed by atoms with van der Waals surface area (Å²) < 4.78 is 10.4. The van der Waals surface area contributed by atoms with Crippen molar-refractivity contribution in [3.8, 4) is 0 Å². The summed E-state index contributed by atoms with van der Waals surface area (Å²) in [7, 11) is 0. The van der Waals surface area contributed by atoms with E-state index in [9.17, 15) is 5.11 Å². The van der Waals surface area contributed by atoms with E-state index >= 15 is 0 Å². The van der Waals surface area contributed by atoms with Crippen molar-refractivity contribution < 1.29 is 13.9 Å². The molecule has 0 aliphatic heterocycles. The van der Waals surface area contributed by atoms with Crippen molar-refractivity contribution in [2.24, 2.45) is 0 Å². The molecular weight excluding hydrogens is 204 g/mol. The Balaban J connectivity index is 1.66. The lowest BCUT2D eigenvalue weighted by molar-refractivity contribution is 0.151. The molecule has 0 atom stereocenters. The van der Waals surface area contributed by atoms with Crippen LogP contribution in [-0.2, 0) is 12.8 Å². The van der Waals surface area contributed by atoms with E-state index in [-0.39, 0.29) is 6.10 Å². The highest BCUT2D eigenvalue weighted by molar-refractivity contribution is 4.99. The van der Waals surface area contributed by atoms with E-state index in [2.05, 4.69) is 0 Å². The second-order valence-corrected chi connectivity index (χ2v) is 3.89. The van der Waals surface area contributed by atoms with Crippen LogP contribution in [0.25, 0.3) is 0 Å². The molecule has 0 unspecified atom stereocenters. The van der Waals surface area contributed by atoms with Crippen molar-refractivity contribution >= 4 is 0 Å². The average Bonchev–Trinajstić information content (AvgIpc) is 2.96. The Morgan fingerprint density at radius 2 is 1.44 bits per heavy atom. The van der Waals surface area contributed by atoms with Crippen molar-refractivity contribution in [2.45, 2.75) is 31.8 Å². The summed E-state index contributed by atoms with van der Waals surface area (Å²) in [6, 6.07) is 7.59. The molecule has 3 nitrogen and oxygen atoms in total. The molecule has 0 aliphatic carbocycles. The lowest BCUT2D eigenvalue weighted by Crippen LogP contribution is -2.08. The summed E-state index contributed by atoms with van der Waals surface area (Å²) in [6.45, 7) is 0. The Morgan fingerprint density at radius 3 is 1.81 bits per heavy atom. The summed E-state index contributed by atoms with van der Waals surface area (Å²) in [5.41, 5.74) is 0. The summed E-state index contributed by atoms with van der Waals surface area (Å²) in [5, 5.41) is 9.76.